The number of hydrogen-bond donors (Lipinski definition) is 1. The molecule has 1 amide bonds. The van der Waals surface area contributed by atoms with Gasteiger partial charge in [-0.05, 0) is 28.5 Å². The third-order valence-corrected chi connectivity index (χ3v) is 6.92. The van der Waals surface area contributed by atoms with Gasteiger partial charge in [0.05, 0.1) is 16.3 Å². The van der Waals surface area contributed by atoms with Gasteiger partial charge in [0.25, 0.3) is 0 Å². The fraction of sp³-hybridized carbons (Fsp3) is 0.0909. The van der Waals surface area contributed by atoms with Gasteiger partial charge < -0.3 is 5.32 Å². The smallest absolute Gasteiger partial charge is 0.223 e. The highest BCUT2D eigenvalue weighted by Crippen LogP contribution is 2.26. The van der Waals surface area contributed by atoms with E-state index in [0.717, 1.165) is 22.0 Å². The number of amides is 1. The molecular weight excluding hydrogens is 404 g/mol. The summed E-state index contributed by atoms with van der Waals surface area (Å²) < 4.78 is 25.7. The van der Waals surface area contributed by atoms with Crippen LogP contribution in [0.4, 0.5) is 5.13 Å². The van der Waals surface area contributed by atoms with Crippen molar-refractivity contribution in [3.8, 4) is 11.3 Å². The maximum Gasteiger partial charge on any atom is 0.223 e. The summed E-state index contributed by atoms with van der Waals surface area (Å²) in [5.41, 5.74) is 2.31. The molecule has 0 spiro atoms. The monoisotopic (exact) mass is 422 g/mol. The Kier molecular flexibility index (Phi) is 5.17. The van der Waals surface area contributed by atoms with Crippen molar-refractivity contribution in [1.29, 1.82) is 0 Å². The number of carbonyl (C=O) groups excluding carboxylic acids is 1. The second-order valence-electron chi connectivity index (χ2n) is 6.68. The van der Waals surface area contributed by atoms with Crippen LogP contribution in [-0.2, 0) is 20.4 Å². The molecule has 29 heavy (non-hydrogen) atoms. The molecule has 0 aliphatic heterocycles. The number of anilines is 1. The van der Waals surface area contributed by atoms with Gasteiger partial charge >= 0.3 is 0 Å². The van der Waals surface area contributed by atoms with E-state index in [4.69, 9.17) is 0 Å². The fourth-order valence-electron chi connectivity index (χ4n) is 3.05. The fourth-order valence-corrected chi connectivity index (χ4v) is 5.20. The Morgan fingerprint density at radius 2 is 1.72 bits per heavy atom. The number of hydrogen-bond acceptors (Lipinski definition) is 5. The van der Waals surface area contributed by atoms with Crippen molar-refractivity contribution < 1.29 is 13.2 Å². The summed E-state index contributed by atoms with van der Waals surface area (Å²) in [6.07, 6.45) is 0. The maximum atomic E-state index is 12.9. The quantitative estimate of drug-likeness (QED) is 0.496. The molecule has 1 heterocycles. The van der Waals surface area contributed by atoms with Gasteiger partial charge in [0, 0.05) is 17.9 Å². The van der Waals surface area contributed by atoms with E-state index in [1.807, 2.05) is 47.8 Å². The predicted molar refractivity (Wildman–Crippen MR) is 117 cm³/mol. The van der Waals surface area contributed by atoms with E-state index < -0.39 is 9.84 Å². The maximum absolute atomic E-state index is 12.9. The van der Waals surface area contributed by atoms with Crippen LogP contribution in [0, 0.1) is 0 Å². The lowest BCUT2D eigenvalue weighted by molar-refractivity contribution is -0.114. The molecular formula is C22H18N2O3S2. The van der Waals surface area contributed by atoms with Crippen molar-refractivity contribution >= 4 is 43.0 Å². The van der Waals surface area contributed by atoms with E-state index in [-0.39, 0.29) is 11.7 Å². The molecule has 1 aromatic heterocycles. The first-order valence-corrected chi connectivity index (χ1v) is 11.5. The van der Waals surface area contributed by atoms with E-state index in [1.165, 1.54) is 18.3 Å². The summed E-state index contributed by atoms with van der Waals surface area (Å²) in [4.78, 5) is 15.8. The Morgan fingerprint density at radius 1 is 1.00 bits per heavy atom. The number of benzene rings is 3. The number of rotatable bonds is 5. The van der Waals surface area contributed by atoms with Crippen LogP contribution in [-0.4, -0.2) is 19.3 Å². The molecule has 0 aliphatic carbocycles. The van der Waals surface area contributed by atoms with Crippen molar-refractivity contribution in [2.45, 2.75) is 17.6 Å². The van der Waals surface area contributed by atoms with Gasteiger partial charge in [-0.1, -0.05) is 54.6 Å². The lowest BCUT2D eigenvalue weighted by Gasteiger charge is -2.07. The Morgan fingerprint density at radius 3 is 2.45 bits per heavy atom. The van der Waals surface area contributed by atoms with Crippen LogP contribution in [0.25, 0.3) is 22.0 Å². The second kappa shape index (κ2) is 7.77. The molecule has 0 saturated carbocycles. The average Bonchev–Trinajstić information content (AvgIpc) is 3.15. The molecule has 1 N–H and O–H groups in total. The van der Waals surface area contributed by atoms with Crippen LogP contribution in [0.5, 0.6) is 0 Å². The summed E-state index contributed by atoms with van der Waals surface area (Å²) >= 11 is 1.35. The summed E-state index contributed by atoms with van der Waals surface area (Å²) in [5, 5.41) is 6.96. The van der Waals surface area contributed by atoms with E-state index >= 15 is 0 Å². The third kappa shape index (κ3) is 4.36. The van der Waals surface area contributed by atoms with E-state index in [2.05, 4.69) is 10.3 Å². The minimum Gasteiger partial charge on any atom is -0.302 e. The highest BCUT2D eigenvalue weighted by molar-refractivity contribution is 7.90. The third-order valence-electron chi connectivity index (χ3n) is 4.47. The lowest BCUT2D eigenvalue weighted by atomic mass is 10.1. The number of thiazole rings is 1. The summed E-state index contributed by atoms with van der Waals surface area (Å²) in [6, 6.07) is 20.2. The molecule has 0 atom stereocenters. The van der Waals surface area contributed by atoms with Crippen molar-refractivity contribution in [2.75, 3.05) is 5.32 Å². The zero-order valence-corrected chi connectivity index (χ0v) is 17.3. The first-order valence-electron chi connectivity index (χ1n) is 8.95. The summed E-state index contributed by atoms with van der Waals surface area (Å²) in [7, 11) is -3.45. The van der Waals surface area contributed by atoms with Crippen molar-refractivity contribution in [2.24, 2.45) is 0 Å². The molecule has 0 radical (unpaired) electrons. The zero-order valence-electron chi connectivity index (χ0n) is 15.6. The van der Waals surface area contributed by atoms with Gasteiger partial charge in [0.1, 0.15) is 0 Å². The molecule has 0 unspecified atom stereocenters. The van der Waals surface area contributed by atoms with Gasteiger partial charge in [-0.3, -0.25) is 4.79 Å². The highest BCUT2D eigenvalue weighted by atomic mass is 32.2. The van der Waals surface area contributed by atoms with Crippen molar-refractivity contribution in [3.63, 3.8) is 0 Å². The number of aromatic nitrogens is 1. The van der Waals surface area contributed by atoms with Crippen molar-refractivity contribution in [3.05, 3.63) is 77.7 Å². The Labute approximate surface area is 173 Å². The molecule has 3 aromatic carbocycles. The SMILES string of the molecule is CC(=O)Nc1nc(-c2ccc(CS(=O)(=O)c3ccc4ccccc4c3)cc2)cs1. The van der Waals surface area contributed by atoms with Crippen molar-refractivity contribution in [1.82, 2.24) is 4.98 Å². The minimum atomic E-state index is -3.45. The number of fused-ring (bicyclic) bond motifs is 1. The Hall–Kier alpha value is -3.03. The molecule has 0 bridgehead atoms. The summed E-state index contributed by atoms with van der Waals surface area (Å²) in [6.45, 7) is 1.44. The number of sulfone groups is 1. The first kappa shape index (κ1) is 19.3. The topological polar surface area (TPSA) is 76.1 Å². The lowest BCUT2D eigenvalue weighted by Crippen LogP contribution is -2.05. The van der Waals surface area contributed by atoms with E-state index in [9.17, 15) is 13.2 Å². The minimum absolute atomic E-state index is 0.0696. The van der Waals surface area contributed by atoms with Crippen LogP contribution in [0.15, 0.2) is 77.0 Å². The van der Waals surface area contributed by atoms with Gasteiger partial charge in [-0.2, -0.15) is 0 Å². The van der Waals surface area contributed by atoms with Crippen LogP contribution in [0.2, 0.25) is 0 Å². The molecule has 7 heteroatoms. The van der Waals surface area contributed by atoms with Crippen LogP contribution < -0.4 is 5.32 Å². The zero-order chi connectivity index (χ0) is 20.4. The molecule has 0 fully saturated rings. The predicted octanol–water partition coefficient (Wildman–Crippen LogP) is 4.90. The van der Waals surface area contributed by atoms with E-state index in [1.54, 1.807) is 24.3 Å². The Bertz CT molecular complexity index is 1290. The Balaban J connectivity index is 1.54. The number of carbonyl (C=O) groups is 1. The van der Waals surface area contributed by atoms with Gasteiger partial charge in [0.15, 0.2) is 15.0 Å². The largest absolute Gasteiger partial charge is 0.302 e. The number of nitrogens with zero attached hydrogens (tertiary/aromatic N) is 1. The standard InChI is InChI=1S/C22H18N2O3S2/c1-15(25)23-22-24-21(13-28-22)18-8-6-16(7-9-18)14-29(26,27)20-11-10-17-4-2-3-5-19(17)12-20/h2-13H,14H2,1H3,(H,23,24,25). The van der Waals surface area contributed by atoms with Gasteiger partial charge in [0.2, 0.25) is 5.91 Å². The number of nitrogens with one attached hydrogen (secondary N) is 1. The first-order chi connectivity index (χ1) is 13.9. The van der Waals surface area contributed by atoms with Gasteiger partial charge in [-0.25, -0.2) is 13.4 Å². The van der Waals surface area contributed by atoms with Crippen LogP contribution >= 0.6 is 11.3 Å². The molecule has 0 saturated heterocycles. The van der Waals surface area contributed by atoms with Crippen LogP contribution in [0.1, 0.15) is 12.5 Å². The second-order valence-corrected chi connectivity index (χ2v) is 9.53. The highest BCUT2D eigenvalue weighted by Gasteiger charge is 2.16. The average molecular weight is 423 g/mol. The van der Waals surface area contributed by atoms with Crippen LogP contribution in [0.3, 0.4) is 0 Å². The molecule has 0 aliphatic rings. The molecule has 4 aromatic rings. The van der Waals surface area contributed by atoms with Gasteiger partial charge in [-0.15, -0.1) is 11.3 Å². The normalized spacial score (nSPS) is 11.5. The van der Waals surface area contributed by atoms with E-state index in [0.29, 0.717) is 15.6 Å². The molecule has 146 valence electrons. The molecule has 4 rings (SSSR count). The molecule has 5 nitrogen and oxygen atoms in total. The summed E-state index contributed by atoms with van der Waals surface area (Å²) in [5.74, 6) is -0.236.